The van der Waals surface area contributed by atoms with E-state index >= 15 is 0 Å². The van der Waals surface area contributed by atoms with E-state index in [0.717, 1.165) is 55.9 Å². The highest BCUT2D eigenvalue weighted by Crippen LogP contribution is 2.23. The molecule has 6 heteroatoms. The fourth-order valence-electron chi connectivity index (χ4n) is 4.02. The second kappa shape index (κ2) is 8.01. The number of benzene rings is 1. The molecule has 0 unspecified atom stereocenters. The number of anilines is 1. The molecule has 4 aromatic rings. The third-order valence-corrected chi connectivity index (χ3v) is 5.52. The maximum atomic E-state index is 4.73. The van der Waals surface area contributed by atoms with Crippen molar-refractivity contribution in [3.8, 4) is 11.1 Å². The smallest absolute Gasteiger partial charge is 0.162 e. The molecule has 0 N–H and O–H groups in total. The molecule has 6 nitrogen and oxygen atoms in total. The number of aromatic nitrogens is 4. The molecule has 1 fully saturated rings. The lowest BCUT2D eigenvalue weighted by atomic mass is 10.1. The zero-order chi connectivity index (χ0) is 19.5. The van der Waals surface area contributed by atoms with Gasteiger partial charge < -0.3 is 4.90 Å². The van der Waals surface area contributed by atoms with Gasteiger partial charge in [-0.05, 0) is 24.1 Å². The van der Waals surface area contributed by atoms with Gasteiger partial charge in [-0.15, -0.1) is 0 Å². The third kappa shape index (κ3) is 3.84. The van der Waals surface area contributed by atoms with Gasteiger partial charge in [-0.25, -0.2) is 9.50 Å². The second-order valence-corrected chi connectivity index (χ2v) is 7.48. The molecule has 3 aromatic heterocycles. The van der Waals surface area contributed by atoms with Gasteiger partial charge in [0.1, 0.15) is 0 Å². The van der Waals surface area contributed by atoms with Gasteiger partial charge in [0, 0.05) is 74.3 Å². The molecule has 0 radical (unpaired) electrons. The highest BCUT2D eigenvalue weighted by molar-refractivity contribution is 5.76. The van der Waals surface area contributed by atoms with Crippen LogP contribution >= 0.6 is 0 Å². The first-order valence-electron chi connectivity index (χ1n) is 10.1. The molecule has 1 aromatic carbocycles. The van der Waals surface area contributed by atoms with E-state index in [1.54, 1.807) is 0 Å². The lowest BCUT2D eigenvalue weighted by molar-refractivity contribution is 0.284. The Morgan fingerprint density at radius 3 is 2.59 bits per heavy atom. The highest BCUT2D eigenvalue weighted by Gasteiger charge is 2.16. The Labute approximate surface area is 170 Å². The molecule has 0 saturated carbocycles. The van der Waals surface area contributed by atoms with E-state index < -0.39 is 0 Å². The lowest BCUT2D eigenvalue weighted by Gasteiger charge is -2.23. The molecule has 4 heterocycles. The van der Waals surface area contributed by atoms with Crippen LogP contribution in [-0.4, -0.2) is 50.7 Å². The van der Waals surface area contributed by atoms with Crippen molar-refractivity contribution in [2.24, 2.45) is 0 Å². The first-order valence-corrected chi connectivity index (χ1v) is 10.1. The van der Waals surface area contributed by atoms with Crippen LogP contribution < -0.4 is 4.90 Å². The average Bonchev–Trinajstić information content (AvgIpc) is 3.06. The summed E-state index contributed by atoms with van der Waals surface area (Å²) < 4.78 is 1.90. The Bertz CT molecular complexity index is 1080. The Kier molecular flexibility index (Phi) is 4.92. The van der Waals surface area contributed by atoms with Gasteiger partial charge in [0.25, 0.3) is 0 Å². The Hall–Kier alpha value is -3.25. The van der Waals surface area contributed by atoms with Crippen LogP contribution in [-0.2, 0) is 6.54 Å². The maximum absolute atomic E-state index is 4.73. The van der Waals surface area contributed by atoms with Crippen molar-refractivity contribution in [1.82, 2.24) is 24.5 Å². The van der Waals surface area contributed by atoms with Crippen molar-refractivity contribution in [2.45, 2.75) is 13.0 Å². The quantitative estimate of drug-likeness (QED) is 0.539. The molecular formula is C23H24N6. The van der Waals surface area contributed by atoms with Crippen LogP contribution in [0.5, 0.6) is 0 Å². The number of rotatable bonds is 4. The summed E-state index contributed by atoms with van der Waals surface area (Å²) in [6.07, 6.45) is 10.9. The number of hydrogen-bond acceptors (Lipinski definition) is 5. The van der Waals surface area contributed by atoms with Gasteiger partial charge in [0.15, 0.2) is 5.65 Å². The van der Waals surface area contributed by atoms with Crippen molar-refractivity contribution >= 4 is 11.3 Å². The third-order valence-electron chi connectivity index (χ3n) is 5.52. The largest absolute Gasteiger partial charge is 0.370 e. The minimum atomic E-state index is 0.896. The van der Waals surface area contributed by atoms with Crippen molar-refractivity contribution in [2.75, 3.05) is 31.1 Å². The van der Waals surface area contributed by atoms with Gasteiger partial charge in [-0.1, -0.05) is 30.3 Å². The summed E-state index contributed by atoms with van der Waals surface area (Å²) in [6.45, 7) is 5.13. The van der Waals surface area contributed by atoms with Gasteiger partial charge in [0.05, 0.1) is 6.20 Å². The van der Waals surface area contributed by atoms with Crippen LogP contribution in [0.4, 0.5) is 5.69 Å². The van der Waals surface area contributed by atoms with Crippen molar-refractivity contribution < 1.29 is 0 Å². The lowest BCUT2D eigenvalue weighted by Crippen LogP contribution is -2.30. The van der Waals surface area contributed by atoms with E-state index in [0.29, 0.717) is 0 Å². The maximum Gasteiger partial charge on any atom is 0.162 e. The molecule has 0 amide bonds. The van der Waals surface area contributed by atoms with Crippen LogP contribution in [0.2, 0.25) is 0 Å². The van der Waals surface area contributed by atoms with Crippen molar-refractivity contribution in [3.05, 3.63) is 79.0 Å². The second-order valence-electron chi connectivity index (χ2n) is 7.48. The Balaban J connectivity index is 1.29. The summed E-state index contributed by atoms with van der Waals surface area (Å²) >= 11 is 0. The van der Waals surface area contributed by atoms with Crippen LogP contribution in [0, 0.1) is 0 Å². The summed E-state index contributed by atoms with van der Waals surface area (Å²) in [4.78, 5) is 13.8. The monoisotopic (exact) mass is 384 g/mol. The summed E-state index contributed by atoms with van der Waals surface area (Å²) in [5.41, 5.74) is 5.57. The first kappa shape index (κ1) is 17.8. The minimum absolute atomic E-state index is 0.896. The molecule has 5 rings (SSSR count). The fraction of sp³-hybridized carbons (Fsp3) is 0.261. The van der Waals surface area contributed by atoms with E-state index in [1.165, 1.54) is 11.3 Å². The summed E-state index contributed by atoms with van der Waals surface area (Å²) in [5, 5.41) is 4.54. The minimum Gasteiger partial charge on any atom is -0.370 e. The standard InChI is InChI=1S/C23H24N6/c1-2-5-20(6-3-1)22-16-26-29-18-19(15-25-23(22)29)17-27-11-4-12-28(14-13-27)21-7-9-24-10-8-21/h1-3,5-10,15-16,18H,4,11-14,17H2. The van der Waals surface area contributed by atoms with Crippen LogP contribution in [0.15, 0.2) is 73.4 Å². The molecular weight excluding hydrogens is 360 g/mol. The van der Waals surface area contributed by atoms with Crippen LogP contribution in [0.1, 0.15) is 12.0 Å². The van der Waals surface area contributed by atoms with E-state index in [-0.39, 0.29) is 0 Å². The summed E-state index contributed by atoms with van der Waals surface area (Å²) in [5.74, 6) is 0. The van der Waals surface area contributed by atoms with E-state index in [1.807, 2.05) is 47.5 Å². The normalized spacial score (nSPS) is 15.5. The average molecular weight is 384 g/mol. The fourth-order valence-corrected chi connectivity index (χ4v) is 4.02. The molecule has 1 aliphatic heterocycles. The molecule has 1 aliphatic rings. The summed E-state index contributed by atoms with van der Waals surface area (Å²) in [7, 11) is 0. The molecule has 29 heavy (non-hydrogen) atoms. The number of hydrogen-bond donors (Lipinski definition) is 0. The van der Waals surface area contributed by atoms with Crippen LogP contribution in [0.25, 0.3) is 16.8 Å². The topological polar surface area (TPSA) is 49.6 Å². The Morgan fingerprint density at radius 1 is 0.862 bits per heavy atom. The molecule has 0 spiro atoms. The number of fused-ring (bicyclic) bond motifs is 1. The molecule has 1 saturated heterocycles. The van der Waals surface area contributed by atoms with Gasteiger partial charge in [-0.3, -0.25) is 9.88 Å². The van der Waals surface area contributed by atoms with Gasteiger partial charge in [0.2, 0.25) is 0 Å². The predicted octanol–water partition coefficient (Wildman–Crippen LogP) is 3.50. The first-order chi connectivity index (χ1) is 14.4. The molecule has 146 valence electrons. The summed E-state index contributed by atoms with van der Waals surface area (Å²) in [6, 6.07) is 14.5. The molecule has 0 atom stereocenters. The molecule has 0 aliphatic carbocycles. The Morgan fingerprint density at radius 2 is 1.72 bits per heavy atom. The van der Waals surface area contributed by atoms with Crippen molar-refractivity contribution in [3.63, 3.8) is 0 Å². The molecule has 0 bridgehead atoms. The number of pyridine rings is 1. The predicted molar refractivity (Wildman–Crippen MR) is 115 cm³/mol. The van der Waals surface area contributed by atoms with Crippen LogP contribution in [0.3, 0.4) is 0 Å². The zero-order valence-electron chi connectivity index (χ0n) is 16.4. The SMILES string of the molecule is c1ccc(-c2cnn3cc(CN4CCCN(c5ccncc5)CC4)cnc23)cc1. The van der Waals surface area contributed by atoms with E-state index in [4.69, 9.17) is 4.98 Å². The van der Waals surface area contributed by atoms with Gasteiger partial charge >= 0.3 is 0 Å². The highest BCUT2D eigenvalue weighted by atomic mass is 15.2. The number of nitrogens with zero attached hydrogens (tertiary/aromatic N) is 6. The van der Waals surface area contributed by atoms with E-state index in [2.05, 4.69) is 50.3 Å². The zero-order valence-corrected chi connectivity index (χ0v) is 16.4. The van der Waals surface area contributed by atoms with E-state index in [9.17, 15) is 0 Å². The van der Waals surface area contributed by atoms with Crippen molar-refractivity contribution in [1.29, 1.82) is 0 Å². The van der Waals surface area contributed by atoms with Gasteiger partial charge in [-0.2, -0.15) is 5.10 Å².